The Balaban J connectivity index is 2.16. The van der Waals surface area contributed by atoms with Crippen LogP contribution in [0.25, 0.3) is 0 Å². The van der Waals surface area contributed by atoms with Crippen molar-refractivity contribution in [2.24, 2.45) is 0 Å². The monoisotopic (exact) mass is 275 g/mol. The summed E-state index contributed by atoms with van der Waals surface area (Å²) in [5, 5.41) is 13.5. The standard InChI is InChI=1S/C14H14FN3O2/c1-9-2-4-10(5-3-9)8-17-13-7-12(16)14(18(19)20)6-11(13)15/h2-7,17H,8,16H2,1H3. The maximum absolute atomic E-state index is 13.7. The van der Waals surface area contributed by atoms with Crippen LogP contribution in [0.15, 0.2) is 36.4 Å². The van der Waals surface area contributed by atoms with Crippen molar-refractivity contribution in [1.82, 2.24) is 0 Å². The Bertz CT molecular complexity index is 642. The van der Waals surface area contributed by atoms with Crippen molar-refractivity contribution in [3.63, 3.8) is 0 Å². The smallest absolute Gasteiger partial charge is 0.295 e. The van der Waals surface area contributed by atoms with E-state index in [-0.39, 0.29) is 11.4 Å². The summed E-state index contributed by atoms with van der Waals surface area (Å²) in [5.41, 5.74) is 7.30. The van der Waals surface area contributed by atoms with Crippen LogP contribution in [0.5, 0.6) is 0 Å². The van der Waals surface area contributed by atoms with Gasteiger partial charge < -0.3 is 11.1 Å². The fourth-order valence-corrected chi connectivity index (χ4v) is 1.78. The Hall–Kier alpha value is -2.63. The minimum atomic E-state index is -0.706. The van der Waals surface area contributed by atoms with E-state index in [9.17, 15) is 14.5 Å². The lowest BCUT2D eigenvalue weighted by molar-refractivity contribution is -0.384. The summed E-state index contributed by atoms with van der Waals surface area (Å²) in [6, 6.07) is 9.83. The van der Waals surface area contributed by atoms with Gasteiger partial charge >= 0.3 is 0 Å². The number of nitrogen functional groups attached to an aromatic ring is 1. The molecule has 0 aliphatic carbocycles. The van der Waals surface area contributed by atoms with Crippen molar-refractivity contribution < 1.29 is 9.31 Å². The molecule has 20 heavy (non-hydrogen) atoms. The zero-order valence-electron chi connectivity index (χ0n) is 10.9. The number of nitrogens with one attached hydrogen (secondary N) is 1. The zero-order valence-corrected chi connectivity index (χ0v) is 10.9. The molecule has 6 heteroatoms. The average molecular weight is 275 g/mol. The number of anilines is 2. The lowest BCUT2D eigenvalue weighted by atomic mass is 10.1. The summed E-state index contributed by atoms with van der Waals surface area (Å²) in [4.78, 5) is 9.93. The molecule has 5 nitrogen and oxygen atoms in total. The molecule has 0 bridgehead atoms. The quantitative estimate of drug-likeness (QED) is 0.510. The number of aryl methyl sites for hydroxylation is 1. The first-order chi connectivity index (χ1) is 9.47. The predicted molar refractivity (Wildman–Crippen MR) is 76.0 cm³/mol. The van der Waals surface area contributed by atoms with Gasteiger partial charge in [0.1, 0.15) is 5.69 Å². The van der Waals surface area contributed by atoms with Crippen LogP contribution >= 0.6 is 0 Å². The molecule has 2 aromatic rings. The second kappa shape index (κ2) is 5.56. The van der Waals surface area contributed by atoms with Gasteiger partial charge in [0.25, 0.3) is 5.69 Å². The summed E-state index contributed by atoms with van der Waals surface area (Å²) in [7, 11) is 0. The number of nitro groups is 1. The Morgan fingerprint density at radius 2 is 1.95 bits per heavy atom. The molecule has 0 fully saturated rings. The van der Waals surface area contributed by atoms with Gasteiger partial charge in [0.05, 0.1) is 16.7 Å². The first-order valence-electron chi connectivity index (χ1n) is 6.00. The molecule has 0 aromatic heterocycles. The number of nitrogens with zero attached hydrogens (tertiary/aromatic N) is 1. The van der Waals surface area contributed by atoms with Crippen LogP contribution in [0.2, 0.25) is 0 Å². The van der Waals surface area contributed by atoms with E-state index < -0.39 is 16.4 Å². The third-order valence-corrected chi connectivity index (χ3v) is 2.92. The van der Waals surface area contributed by atoms with E-state index in [1.54, 1.807) is 0 Å². The van der Waals surface area contributed by atoms with E-state index in [0.717, 1.165) is 17.2 Å². The summed E-state index contributed by atoms with van der Waals surface area (Å²) >= 11 is 0. The first kappa shape index (κ1) is 13.8. The average Bonchev–Trinajstić information content (AvgIpc) is 2.41. The molecule has 0 radical (unpaired) electrons. The van der Waals surface area contributed by atoms with E-state index in [0.29, 0.717) is 6.54 Å². The highest BCUT2D eigenvalue weighted by Crippen LogP contribution is 2.28. The van der Waals surface area contributed by atoms with Crippen LogP contribution < -0.4 is 11.1 Å². The van der Waals surface area contributed by atoms with Gasteiger partial charge in [0.15, 0.2) is 5.82 Å². The molecular weight excluding hydrogens is 261 g/mol. The molecule has 0 heterocycles. The molecule has 0 spiro atoms. The highest BCUT2D eigenvalue weighted by Gasteiger charge is 2.16. The fourth-order valence-electron chi connectivity index (χ4n) is 1.78. The van der Waals surface area contributed by atoms with Gasteiger partial charge in [-0.25, -0.2) is 4.39 Å². The molecular formula is C14H14FN3O2. The van der Waals surface area contributed by atoms with Crippen LogP contribution in [0.3, 0.4) is 0 Å². The number of benzene rings is 2. The highest BCUT2D eigenvalue weighted by molar-refractivity contribution is 5.66. The Kier molecular flexibility index (Phi) is 3.84. The molecule has 104 valence electrons. The second-order valence-electron chi connectivity index (χ2n) is 4.49. The van der Waals surface area contributed by atoms with Crippen LogP contribution in [0.4, 0.5) is 21.5 Å². The van der Waals surface area contributed by atoms with E-state index >= 15 is 0 Å². The number of rotatable bonds is 4. The van der Waals surface area contributed by atoms with E-state index in [2.05, 4.69) is 5.32 Å². The first-order valence-corrected chi connectivity index (χ1v) is 6.00. The highest BCUT2D eigenvalue weighted by atomic mass is 19.1. The minimum absolute atomic E-state index is 0.0668. The number of hydrogen-bond acceptors (Lipinski definition) is 4. The number of hydrogen-bond donors (Lipinski definition) is 2. The molecule has 2 aromatic carbocycles. The van der Waals surface area contributed by atoms with Crippen molar-refractivity contribution in [2.45, 2.75) is 13.5 Å². The maximum Gasteiger partial charge on any atom is 0.295 e. The fraction of sp³-hybridized carbons (Fsp3) is 0.143. The molecule has 0 aliphatic rings. The van der Waals surface area contributed by atoms with Gasteiger partial charge in [-0.1, -0.05) is 29.8 Å². The van der Waals surface area contributed by atoms with Crippen molar-refractivity contribution in [3.8, 4) is 0 Å². The van der Waals surface area contributed by atoms with Crippen LogP contribution in [-0.4, -0.2) is 4.92 Å². The van der Waals surface area contributed by atoms with Gasteiger partial charge in [-0.3, -0.25) is 10.1 Å². The van der Waals surface area contributed by atoms with Crippen molar-refractivity contribution in [3.05, 3.63) is 63.5 Å². The Morgan fingerprint density at radius 3 is 2.55 bits per heavy atom. The Morgan fingerprint density at radius 1 is 1.30 bits per heavy atom. The largest absolute Gasteiger partial charge is 0.393 e. The van der Waals surface area contributed by atoms with Gasteiger partial charge in [0, 0.05) is 6.54 Å². The van der Waals surface area contributed by atoms with Gasteiger partial charge in [0.2, 0.25) is 0 Å². The summed E-state index contributed by atoms with van der Waals surface area (Å²) in [6.45, 7) is 2.39. The molecule has 3 N–H and O–H groups in total. The predicted octanol–water partition coefficient (Wildman–Crippen LogP) is 3.24. The maximum atomic E-state index is 13.7. The Labute approximate surface area is 115 Å². The van der Waals surface area contributed by atoms with Gasteiger partial charge in [-0.05, 0) is 18.6 Å². The normalized spacial score (nSPS) is 10.3. The SMILES string of the molecule is Cc1ccc(CNc2cc(N)c([N+](=O)[O-])cc2F)cc1. The van der Waals surface area contributed by atoms with Crippen molar-refractivity contribution >= 4 is 17.1 Å². The molecule has 0 amide bonds. The van der Waals surface area contributed by atoms with Gasteiger partial charge in [-0.2, -0.15) is 0 Å². The molecule has 0 atom stereocenters. The third-order valence-electron chi connectivity index (χ3n) is 2.92. The second-order valence-corrected chi connectivity index (χ2v) is 4.49. The van der Waals surface area contributed by atoms with Gasteiger partial charge in [-0.15, -0.1) is 0 Å². The summed E-state index contributed by atoms with van der Waals surface area (Å²) < 4.78 is 13.7. The number of nitrogens with two attached hydrogens (primary N) is 1. The summed E-state index contributed by atoms with van der Waals surface area (Å²) in [5.74, 6) is -0.696. The summed E-state index contributed by atoms with van der Waals surface area (Å²) in [6.07, 6.45) is 0. The lowest BCUT2D eigenvalue weighted by Crippen LogP contribution is -2.04. The number of halogens is 1. The molecule has 0 unspecified atom stereocenters. The topological polar surface area (TPSA) is 81.2 Å². The van der Waals surface area contributed by atoms with Crippen LogP contribution in [0, 0.1) is 22.9 Å². The van der Waals surface area contributed by atoms with Crippen LogP contribution in [-0.2, 0) is 6.54 Å². The lowest BCUT2D eigenvalue weighted by Gasteiger charge is -2.09. The number of nitro benzene ring substituents is 1. The van der Waals surface area contributed by atoms with Crippen molar-refractivity contribution in [2.75, 3.05) is 11.1 Å². The van der Waals surface area contributed by atoms with Crippen molar-refractivity contribution in [1.29, 1.82) is 0 Å². The van der Waals surface area contributed by atoms with E-state index in [1.807, 2.05) is 31.2 Å². The minimum Gasteiger partial charge on any atom is -0.393 e. The molecule has 0 saturated carbocycles. The van der Waals surface area contributed by atoms with E-state index in [1.165, 1.54) is 6.07 Å². The van der Waals surface area contributed by atoms with E-state index in [4.69, 9.17) is 5.73 Å². The zero-order chi connectivity index (χ0) is 14.7. The molecule has 2 rings (SSSR count). The molecule has 0 aliphatic heterocycles. The van der Waals surface area contributed by atoms with Crippen LogP contribution in [0.1, 0.15) is 11.1 Å². The third kappa shape index (κ3) is 3.03. The molecule has 0 saturated heterocycles.